The van der Waals surface area contributed by atoms with E-state index in [2.05, 4.69) is 5.32 Å². The lowest BCUT2D eigenvalue weighted by atomic mass is 10.1. The van der Waals surface area contributed by atoms with E-state index in [9.17, 15) is 13.2 Å². The first-order valence-corrected chi connectivity index (χ1v) is 10.2. The number of nitrogens with zero attached hydrogens (tertiary/aromatic N) is 1. The predicted octanol–water partition coefficient (Wildman–Crippen LogP) is 3.12. The summed E-state index contributed by atoms with van der Waals surface area (Å²) in [5.41, 5.74) is 2.73. The molecule has 0 aliphatic carbocycles. The van der Waals surface area contributed by atoms with Crippen LogP contribution in [0.3, 0.4) is 0 Å². The van der Waals surface area contributed by atoms with Crippen LogP contribution in [0.2, 0.25) is 0 Å². The monoisotopic (exact) mass is 390 g/mol. The number of benzene rings is 2. The number of rotatable bonds is 7. The zero-order valence-electron chi connectivity index (χ0n) is 16.3. The van der Waals surface area contributed by atoms with Crippen LogP contribution in [-0.4, -0.2) is 41.3 Å². The number of carbonyl (C=O) groups excluding carboxylic acids is 1. The second kappa shape index (κ2) is 8.43. The number of anilines is 2. The van der Waals surface area contributed by atoms with E-state index < -0.39 is 15.8 Å². The van der Waals surface area contributed by atoms with E-state index in [0.29, 0.717) is 11.4 Å². The molecule has 2 aromatic rings. The Hall–Kier alpha value is -2.54. The highest BCUT2D eigenvalue weighted by molar-refractivity contribution is 7.91. The maximum atomic E-state index is 12.5. The number of aryl methyl sites for hydroxylation is 1. The minimum atomic E-state index is -3.57. The lowest BCUT2D eigenvalue weighted by molar-refractivity contribution is -0.118. The lowest BCUT2D eigenvalue weighted by Crippen LogP contribution is -2.27. The maximum Gasteiger partial charge on any atom is 0.228 e. The first-order chi connectivity index (χ1) is 12.6. The van der Waals surface area contributed by atoms with Crippen molar-refractivity contribution in [2.24, 2.45) is 5.92 Å². The van der Waals surface area contributed by atoms with Crippen LogP contribution in [0.25, 0.3) is 0 Å². The Labute approximate surface area is 161 Å². The maximum absolute atomic E-state index is 12.5. The van der Waals surface area contributed by atoms with Crippen molar-refractivity contribution in [3.05, 3.63) is 48.0 Å². The quantitative estimate of drug-likeness (QED) is 0.786. The van der Waals surface area contributed by atoms with Gasteiger partial charge in [0.2, 0.25) is 5.91 Å². The Balaban J connectivity index is 2.07. The molecule has 0 radical (unpaired) electrons. The molecule has 0 bridgehead atoms. The molecule has 1 atom stereocenters. The van der Waals surface area contributed by atoms with Gasteiger partial charge in [0.15, 0.2) is 9.84 Å². The fourth-order valence-corrected chi connectivity index (χ4v) is 4.34. The number of sulfone groups is 1. The summed E-state index contributed by atoms with van der Waals surface area (Å²) in [6.45, 7) is 3.57. The molecule has 0 saturated heterocycles. The standard InChI is InChI=1S/C20H26N2O4S/c1-14-12-16(6-11-19(14)22(3)4)21-20(23)15(2)13-27(24,25)18-9-7-17(26-5)8-10-18/h6-12,15H,13H2,1-5H3,(H,21,23). The molecule has 0 aliphatic heterocycles. The molecule has 1 unspecified atom stereocenters. The third-order valence-electron chi connectivity index (χ3n) is 4.28. The molecule has 0 heterocycles. The number of hydrogen-bond acceptors (Lipinski definition) is 5. The van der Waals surface area contributed by atoms with Crippen LogP contribution in [0.5, 0.6) is 5.75 Å². The molecule has 0 saturated carbocycles. The van der Waals surface area contributed by atoms with Gasteiger partial charge < -0.3 is 15.0 Å². The summed E-state index contributed by atoms with van der Waals surface area (Å²) in [7, 11) is 1.85. The van der Waals surface area contributed by atoms with Crippen LogP contribution in [0, 0.1) is 12.8 Å². The van der Waals surface area contributed by atoms with Crippen LogP contribution in [-0.2, 0) is 14.6 Å². The van der Waals surface area contributed by atoms with Crippen LogP contribution in [0.4, 0.5) is 11.4 Å². The van der Waals surface area contributed by atoms with Gasteiger partial charge >= 0.3 is 0 Å². The Morgan fingerprint density at radius 3 is 2.30 bits per heavy atom. The van der Waals surface area contributed by atoms with Crippen molar-refractivity contribution < 1.29 is 17.9 Å². The Kier molecular flexibility index (Phi) is 6.49. The van der Waals surface area contributed by atoms with Crippen molar-refractivity contribution in [3.63, 3.8) is 0 Å². The van der Waals surface area contributed by atoms with Gasteiger partial charge in [0, 0.05) is 31.4 Å². The Morgan fingerprint density at radius 1 is 1.15 bits per heavy atom. The molecular formula is C20H26N2O4S. The summed E-state index contributed by atoms with van der Waals surface area (Å²) >= 11 is 0. The first-order valence-electron chi connectivity index (χ1n) is 8.59. The van der Waals surface area contributed by atoms with Gasteiger partial charge in [-0.2, -0.15) is 0 Å². The molecule has 146 valence electrons. The third kappa shape index (κ3) is 5.23. The highest BCUT2D eigenvalue weighted by Gasteiger charge is 2.23. The second-order valence-corrected chi connectivity index (χ2v) is 8.78. The smallest absolute Gasteiger partial charge is 0.228 e. The van der Waals surface area contributed by atoms with Gasteiger partial charge in [-0.25, -0.2) is 8.42 Å². The highest BCUT2D eigenvalue weighted by Crippen LogP contribution is 2.23. The average Bonchev–Trinajstić information content (AvgIpc) is 2.61. The number of carbonyl (C=O) groups is 1. The average molecular weight is 391 g/mol. The number of nitrogens with one attached hydrogen (secondary N) is 1. The first kappa shape index (κ1) is 20.8. The zero-order valence-corrected chi connectivity index (χ0v) is 17.1. The van der Waals surface area contributed by atoms with E-state index in [-0.39, 0.29) is 16.6 Å². The van der Waals surface area contributed by atoms with Crippen LogP contribution in [0.15, 0.2) is 47.4 Å². The van der Waals surface area contributed by atoms with E-state index in [4.69, 9.17) is 4.74 Å². The van der Waals surface area contributed by atoms with Gasteiger partial charge in [-0.15, -0.1) is 0 Å². The van der Waals surface area contributed by atoms with Gasteiger partial charge in [0.05, 0.1) is 17.8 Å². The second-order valence-electron chi connectivity index (χ2n) is 6.74. The highest BCUT2D eigenvalue weighted by atomic mass is 32.2. The third-order valence-corrected chi connectivity index (χ3v) is 6.21. The van der Waals surface area contributed by atoms with E-state index >= 15 is 0 Å². The summed E-state index contributed by atoms with van der Waals surface area (Å²) in [5.74, 6) is -0.703. The van der Waals surface area contributed by atoms with E-state index in [0.717, 1.165) is 11.3 Å². The fourth-order valence-electron chi connectivity index (χ4n) is 2.78. The molecule has 2 aromatic carbocycles. The van der Waals surface area contributed by atoms with Crippen LogP contribution < -0.4 is 15.0 Å². The predicted molar refractivity (Wildman–Crippen MR) is 108 cm³/mol. The van der Waals surface area contributed by atoms with Crippen molar-refractivity contribution in [2.75, 3.05) is 37.2 Å². The summed E-state index contributed by atoms with van der Waals surface area (Å²) in [4.78, 5) is 14.6. The Bertz CT molecular complexity index is 906. The summed E-state index contributed by atoms with van der Waals surface area (Å²) in [6, 6.07) is 11.8. The van der Waals surface area contributed by atoms with Crippen LogP contribution >= 0.6 is 0 Å². The van der Waals surface area contributed by atoms with Crippen molar-refractivity contribution >= 4 is 27.1 Å². The topological polar surface area (TPSA) is 75.7 Å². The van der Waals surface area contributed by atoms with Crippen molar-refractivity contribution in [1.82, 2.24) is 0 Å². The molecular weight excluding hydrogens is 364 g/mol. The van der Waals surface area contributed by atoms with Gasteiger partial charge in [-0.3, -0.25) is 4.79 Å². The molecule has 0 spiro atoms. The van der Waals surface area contributed by atoms with Gasteiger partial charge in [-0.05, 0) is 55.0 Å². The summed E-state index contributed by atoms with van der Waals surface area (Å²) < 4.78 is 30.1. The summed E-state index contributed by atoms with van der Waals surface area (Å²) in [5, 5.41) is 2.80. The largest absolute Gasteiger partial charge is 0.497 e. The van der Waals surface area contributed by atoms with Crippen molar-refractivity contribution in [2.45, 2.75) is 18.7 Å². The molecule has 27 heavy (non-hydrogen) atoms. The number of amides is 1. The normalized spacial score (nSPS) is 12.3. The number of ether oxygens (including phenoxy) is 1. The lowest BCUT2D eigenvalue weighted by Gasteiger charge is -2.17. The molecule has 6 nitrogen and oxygen atoms in total. The number of hydrogen-bond donors (Lipinski definition) is 1. The fraction of sp³-hybridized carbons (Fsp3) is 0.350. The molecule has 0 fully saturated rings. The zero-order chi connectivity index (χ0) is 20.2. The van der Waals surface area contributed by atoms with E-state index in [1.807, 2.05) is 44.1 Å². The SMILES string of the molecule is COc1ccc(S(=O)(=O)CC(C)C(=O)Nc2ccc(N(C)C)c(C)c2)cc1. The molecule has 1 amide bonds. The minimum Gasteiger partial charge on any atom is -0.497 e. The minimum absolute atomic E-state index is 0.175. The van der Waals surface area contributed by atoms with Gasteiger partial charge in [0.25, 0.3) is 0 Å². The van der Waals surface area contributed by atoms with Crippen molar-refractivity contribution in [1.29, 1.82) is 0 Å². The van der Waals surface area contributed by atoms with Gasteiger partial charge in [0.1, 0.15) is 5.75 Å². The van der Waals surface area contributed by atoms with Crippen molar-refractivity contribution in [3.8, 4) is 5.75 Å². The number of methoxy groups -OCH3 is 1. The summed E-state index contributed by atoms with van der Waals surface area (Å²) in [6.07, 6.45) is 0. The molecule has 2 rings (SSSR count). The van der Waals surface area contributed by atoms with Gasteiger partial charge in [-0.1, -0.05) is 6.92 Å². The van der Waals surface area contributed by atoms with Crippen LogP contribution in [0.1, 0.15) is 12.5 Å². The molecule has 0 aromatic heterocycles. The molecule has 7 heteroatoms. The molecule has 0 aliphatic rings. The molecule has 1 N–H and O–H groups in total. The van der Waals surface area contributed by atoms with E-state index in [1.165, 1.54) is 19.2 Å². The Morgan fingerprint density at radius 2 is 1.78 bits per heavy atom. The van der Waals surface area contributed by atoms with E-state index in [1.54, 1.807) is 19.1 Å².